The molecule has 0 bridgehead atoms. The Balaban J connectivity index is 1.50. The zero-order chi connectivity index (χ0) is 15.8. The van der Waals surface area contributed by atoms with Crippen LogP contribution < -0.4 is 0 Å². The number of rotatable bonds is 2. The molecule has 1 amide bonds. The van der Waals surface area contributed by atoms with Crippen molar-refractivity contribution in [1.82, 2.24) is 15.0 Å². The van der Waals surface area contributed by atoms with Gasteiger partial charge in [0.1, 0.15) is 0 Å². The van der Waals surface area contributed by atoms with Crippen LogP contribution in [0.4, 0.5) is 0 Å². The molecule has 122 valence electrons. The molecule has 0 N–H and O–H groups in total. The van der Waals surface area contributed by atoms with Crippen LogP contribution in [-0.4, -0.2) is 34.0 Å². The third-order valence-corrected chi connectivity index (χ3v) is 6.05. The Bertz CT molecular complexity index is 698. The Kier molecular flexibility index (Phi) is 3.93. The number of fused-ring (bicyclic) bond motifs is 1. The van der Waals surface area contributed by atoms with E-state index < -0.39 is 0 Å². The number of hydrogen-bond acceptors (Lipinski definition) is 5. The third kappa shape index (κ3) is 2.92. The lowest BCUT2D eigenvalue weighted by Gasteiger charge is -2.30. The molecule has 1 atom stereocenters. The van der Waals surface area contributed by atoms with E-state index in [4.69, 9.17) is 4.52 Å². The maximum atomic E-state index is 12.9. The lowest BCUT2D eigenvalue weighted by Crippen LogP contribution is -2.39. The molecule has 0 saturated carbocycles. The summed E-state index contributed by atoms with van der Waals surface area (Å²) in [6.07, 6.45) is 6.78. The highest BCUT2D eigenvalue weighted by Crippen LogP contribution is 2.32. The number of aryl methyl sites for hydroxylation is 3. The predicted octanol–water partition coefficient (Wildman–Crippen LogP) is 3.34. The molecule has 2 aromatic heterocycles. The molecule has 0 aromatic carbocycles. The van der Waals surface area contributed by atoms with Gasteiger partial charge in [0.2, 0.25) is 5.89 Å². The summed E-state index contributed by atoms with van der Waals surface area (Å²) in [6, 6.07) is 2.13. The fourth-order valence-electron chi connectivity index (χ4n) is 3.61. The highest BCUT2D eigenvalue weighted by molar-refractivity contribution is 7.14. The minimum atomic E-state index is 0.175. The summed E-state index contributed by atoms with van der Waals surface area (Å²) in [5.74, 6) is 1.70. The van der Waals surface area contributed by atoms with Gasteiger partial charge in [-0.3, -0.25) is 4.79 Å². The average Bonchev–Trinajstić information content (AvgIpc) is 3.20. The molecule has 2 aliphatic rings. The smallest absolute Gasteiger partial charge is 0.263 e. The van der Waals surface area contributed by atoms with Crippen molar-refractivity contribution in [3.05, 3.63) is 33.1 Å². The van der Waals surface area contributed by atoms with E-state index in [1.165, 1.54) is 23.3 Å². The van der Waals surface area contributed by atoms with E-state index in [-0.39, 0.29) is 11.8 Å². The van der Waals surface area contributed by atoms with Crippen LogP contribution in [0.3, 0.4) is 0 Å². The summed E-state index contributed by atoms with van der Waals surface area (Å²) in [6.45, 7) is 3.33. The summed E-state index contributed by atoms with van der Waals surface area (Å²) in [7, 11) is 0. The minimum absolute atomic E-state index is 0.175. The number of carbonyl (C=O) groups excluding carboxylic acids is 1. The number of likely N-dealkylation sites (tertiary alicyclic amines) is 1. The molecule has 4 rings (SSSR count). The van der Waals surface area contributed by atoms with E-state index in [1.807, 2.05) is 4.90 Å². The maximum Gasteiger partial charge on any atom is 0.263 e. The number of carbonyl (C=O) groups is 1. The van der Waals surface area contributed by atoms with Crippen LogP contribution in [0, 0.1) is 6.92 Å². The SMILES string of the molecule is Cc1nc(C2CCCN(C(=O)c3cc4c(s3)CCCC4)C2)no1. The Morgan fingerprint density at radius 3 is 3.00 bits per heavy atom. The molecule has 2 aromatic rings. The van der Waals surface area contributed by atoms with Gasteiger partial charge in [-0.1, -0.05) is 5.16 Å². The predicted molar refractivity (Wildman–Crippen MR) is 87.9 cm³/mol. The molecule has 5 nitrogen and oxygen atoms in total. The molecule has 1 saturated heterocycles. The fraction of sp³-hybridized carbons (Fsp3) is 0.588. The van der Waals surface area contributed by atoms with Gasteiger partial charge in [0, 0.05) is 30.8 Å². The van der Waals surface area contributed by atoms with Crippen LogP contribution in [0.25, 0.3) is 0 Å². The number of piperidine rings is 1. The molecular weight excluding hydrogens is 310 g/mol. The Morgan fingerprint density at radius 1 is 1.35 bits per heavy atom. The van der Waals surface area contributed by atoms with E-state index in [0.29, 0.717) is 12.4 Å². The second-order valence-corrected chi connectivity index (χ2v) is 7.66. The summed E-state index contributed by atoms with van der Waals surface area (Å²) in [4.78, 5) is 21.5. The van der Waals surface area contributed by atoms with Gasteiger partial charge in [0.15, 0.2) is 5.82 Å². The Labute approximate surface area is 139 Å². The Hall–Kier alpha value is -1.69. The maximum absolute atomic E-state index is 12.9. The monoisotopic (exact) mass is 331 g/mol. The highest BCUT2D eigenvalue weighted by Gasteiger charge is 2.29. The first-order valence-electron chi connectivity index (χ1n) is 8.42. The van der Waals surface area contributed by atoms with Crippen molar-refractivity contribution in [2.45, 2.75) is 51.4 Å². The van der Waals surface area contributed by atoms with Gasteiger partial charge in [0.25, 0.3) is 5.91 Å². The fourth-order valence-corrected chi connectivity index (χ4v) is 4.83. The first-order chi connectivity index (χ1) is 11.2. The van der Waals surface area contributed by atoms with Crippen molar-refractivity contribution < 1.29 is 9.32 Å². The van der Waals surface area contributed by atoms with E-state index in [2.05, 4.69) is 16.2 Å². The van der Waals surface area contributed by atoms with Gasteiger partial charge in [-0.15, -0.1) is 11.3 Å². The molecule has 3 heterocycles. The molecule has 1 unspecified atom stereocenters. The number of nitrogens with zero attached hydrogens (tertiary/aromatic N) is 3. The lowest BCUT2D eigenvalue weighted by molar-refractivity contribution is 0.0708. The molecule has 0 spiro atoms. The second kappa shape index (κ2) is 6.07. The molecule has 1 fully saturated rings. The van der Waals surface area contributed by atoms with Gasteiger partial charge in [-0.25, -0.2) is 0 Å². The minimum Gasteiger partial charge on any atom is -0.340 e. The van der Waals surface area contributed by atoms with Gasteiger partial charge in [-0.05, 0) is 50.2 Å². The number of hydrogen-bond donors (Lipinski definition) is 0. The van der Waals surface area contributed by atoms with E-state index in [9.17, 15) is 4.79 Å². The van der Waals surface area contributed by atoms with Crippen LogP contribution in [0.1, 0.15) is 63.4 Å². The summed E-state index contributed by atoms with van der Waals surface area (Å²) >= 11 is 1.70. The van der Waals surface area contributed by atoms with Crippen LogP contribution >= 0.6 is 11.3 Å². The van der Waals surface area contributed by atoms with E-state index in [1.54, 1.807) is 18.3 Å². The van der Waals surface area contributed by atoms with Crippen LogP contribution in [0.2, 0.25) is 0 Å². The van der Waals surface area contributed by atoms with Gasteiger partial charge < -0.3 is 9.42 Å². The van der Waals surface area contributed by atoms with Crippen molar-refractivity contribution in [3.8, 4) is 0 Å². The zero-order valence-corrected chi connectivity index (χ0v) is 14.2. The first kappa shape index (κ1) is 14.9. The molecule has 6 heteroatoms. The van der Waals surface area contributed by atoms with E-state index >= 15 is 0 Å². The van der Waals surface area contributed by atoms with Crippen LogP contribution in [-0.2, 0) is 12.8 Å². The summed E-state index contributed by atoms with van der Waals surface area (Å²) in [5, 5.41) is 4.04. The molecule has 1 aliphatic heterocycles. The summed E-state index contributed by atoms with van der Waals surface area (Å²) in [5.41, 5.74) is 1.40. The summed E-state index contributed by atoms with van der Waals surface area (Å²) < 4.78 is 5.09. The van der Waals surface area contributed by atoms with Crippen molar-refractivity contribution in [2.75, 3.05) is 13.1 Å². The molecule has 0 radical (unpaired) electrons. The highest BCUT2D eigenvalue weighted by atomic mass is 32.1. The van der Waals surface area contributed by atoms with Gasteiger partial charge >= 0.3 is 0 Å². The van der Waals surface area contributed by atoms with Crippen LogP contribution in [0.5, 0.6) is 0 Å². The quantitative estimate of drug-likeness (QED) is 0.847. The topological polar surface area (TPSA) is 59.2 Å². The van der Waals surface area contributed by atoms with Crippen molar-refractivity contribution in [2.24, 2.45) is 0 Å². The largest absolute Gasteiger partial charge is 0.340 e. The second-order valence-electron chi connectivity index (χ2n) is 6.53. The third-order valence-electron chi connectivity index (χ3n) is 4.82. The molecule has 1 aliphatic carbocycles. The lowest BCUT2D eigenvalue weighted by atomic mass is 9.97. The van der Waals surface area contributed by atoms with Crippen molar-refractivity contribution in [3.63, 3.8) is 0 Å². The van der Waals surface area contributed by atoms with Gasteiger partial charge in [-0.2, -0.15) is 4.98 Å². The number of aromatic nitrogens is 2. The van der Waals surface area contributed by atoms with Gasteiger partial charge in [0.05, 0.1) is 4.88 Å². The Morgan fingerprint density at radius 2 is 2.22 bits per heavy atom. The average molecular weight is 331 g/mol. The number of thiophene rings is 1. The number of amides is 1. The van der Waals surface area contributed by atoms with Crippen molar-refractivity contribution >= 4 is 17.2 Å². The first-order valence-corrected chi connectivity index (χ1v) is 9.23. The zero-order valence-electron chi connectivity index (χ0n) is 13.4. The van der Waals surface area contributed by atoms with E-state index in [0.717, 1.165) is 42.9 Å². The normalized spacial score (nSPS) is 21.3. The van der Waals surface area contributed by atoms with Crippen LogP contribution in [0.15, 0.2) is 10.6 Å². The molecular formula is C17H21N3O2S. The van der Waals surface area contributed by atoms with Crippen molar-refractivity contribution in [1.29, 1.82) is 0 Å². The standard InChI is InChI=1S/C17H21N3O2S/c1-11-18-16(19-22-11)13-6-4-8-20(10-13)17(21)15-9-12-5-2-3-7-14(12)23-15/h9,13H,2-8,10H2,1H3. The molecule has 23 heavy (non-hydrogen) atoms.